The summed E-state index contributed by atoms with van der Waals surface area (Å²) in [6.45, 7) is 6.40. The van der Waals surface area contributed by atoms with Crippen molar-refractivity contribution in [3.8, 4) is 0 Å². The van der Waals surface area contributed by atoms with Gasteiger partial charge in [-0.25, -0.2) is 0 Å². The van der Waals surface area contributed by atoms with Crippen LogP contribution in [-0.2, 0) is 17.4 Å². The van der Waals surface area contributed by atoms with Crippen LogP contribution < -0.4 is 10.6 Å². The van der Waals surface area contributed by atoms with Crippen molar-refractivity contribution in [3.63, 3.8) is 0 Å². The molecule has 1 aromatic carbocycles. The molecule has 1 atom stereocenters. The van der Waals surface area contributed by atoms with Crippen LogP contribution in [0.2, 0.25) is 0 Å². The number of aliphatic imine (C=N–C) groups is 1. The van der Waals surface area contributed by atoms with Crippen LogP contribution in [0.15, 0.2) is 29.3 Å². The molecular formula is C19H28F3IN4O. The Morgan fingerprint density at radius 3 is 2.50 bits per heavy atom. The number of nitrogens with zero attached hydrogens (tertiary/aromatic N) is 2. The molecule has 0 bridgehead atoms. The molecule has 1 aliphatic heterocycles. The zero-order valence-electron chi connectivity index (χ0n) is 16.2. The van der Waals surface area contributed by atoms with Crippen LogP contribution in [0.1, 0.15) is 37.8 Å². The summed E-state index contributed by atoms with van der Waals surface area (Å²) in [7, 11) is 0. The fourth-order valence-corrected chi connectivity index (χ4v) is 3.00. The Bertz CT molecular complexity index is 650. The molecule has 0 radical (unpaired) electrons. The zero-order chi connectivity index (χ0) is 19.9. The maximum absolute atomic E-state index is 12.6. The molecule has 28 heavy (non-hydrogen) atoms. The van der Waals surface area contributed by atoms with Gasteiger partial charge in [0.05, 0.1) is 5.56 Å². The van der Waals surface area contributed by atoms with Gasteiger partial charge >= 0.3 is 6.18 Å². The van der Waals surface area contributed by atoms with E-state index in [-0.39, 0.29) is 35.9 Å². The number of amides is 1. The second-order valence-corrected chi connectivity index (χ2v) is 6.53. The van der Waals surface area contributed by atoms with Gasteiger partial charge in [0.25, 0.3) is 0 Å². The van der Waals surface area contributed by atoms with E-state index in [0.717, 1.165) is 30.7 Å². The highest BCUT2D eigenvalue weighted by Gasteiger charge is 2.30. The summed E-state index contributed by atoms with van der Waals surface area (Å²) in [4.78, 5) is 18.1. The highest BCUT2D eigenvalue weighted by atomic mass is 127. The summed E-state index contributed by atoms with van der Waals surface area (Å²) in [6, 6.07) is 5.33. The minimum absolute atomic E-state index is 0. The third-order valence-electron chi connectivity index (χ3n) is 4.48. The largest absolute Gasteiger partial charge is 0.416 e. The normalized spacial score (nSPS) is 17.2. The third kappa shape index (κ3) is 7.48. The molecule has 1 aromatic rings. The number of likely N-dealkylation sites (tertiary alicyclic amines) is 1. The fraction of sp³-hybridized carbons (Fsp3) is 0.579. The summed E-state index contributed by atoms with van der Waals surface area (Å²) in [5, 5.41) is 6.51. The average Bonchev–Trinajstić information content (AvgIpc) is 3.09. The number of guanidine groups is 1. The number of hydrogen-bond donors (Lipinski definition) is 2. The van der Waals surface area contributed by atoms with E-state index in [4.69, 9.17) is 0 Å². The van der Waals surface area contributed by atoms with Crippen molar-refractivity contribution in [1.29, 1.82) is 0 Å². The lowest BCUT2D eigenvalue weighted by atomic mass is 10.1. The molecule has 0 aromatic heterocycles. The number of carbonyl (C=O) groups excluding carboxylic acids is 1. The Labute approximate surface area is 181 Å². The topological polar surface area (TPSA) is 56.7 Å². The Morgan fingerprint density at radius 1 is 1.25 bits per heavy atom. The number of halogens is 4. The van der Waals surface area contributed by atoms with Crippen LogP contribution in [0.3, 0.4) is 0 Å². The number of rotatable bonds is 6. The van der Waals surface area contributed by atoms with E-state index in [2.05, 4.69) is 15.6 Å². The second kappa shape index (κ2) is 11.5. The van der Waals surface area contributed by atoms with Gasteiger partial charge in [0.15, 0.2) is 5.96 Å². The van der Waals surface area contributed by atoms with Crippen LogP contribution >= 0.6 is 24.0 Å². The molecular weight excluding hydrogens is 484 g/mol. The first-order valence-electron chi connectivity index (χ1n) is 9.32. The summed E-state index contributed by atoms with van der Waals surface area (Å²) < 4.78 is 37.8. The number of benzene rings is 1. The molecule has 2 rings (SSSR count). The molecule has 0 aliphatic carbocycles. The van der Waals surface area contributed by atoms with Gasteiger partial charge in [-0.15, -0.1) is 24.0 Å². The van der Waals surface area contributed by atoms with Gasteiger partial charge < -0.3 is 15.5 Å². The van der Waals surface area contributed by atoms with E-state index in [1.807, 2.05) is 18.7 Å². The van der Waals surface area contributed by atoms with Crippen molar-refractivity contribution in [3.05, 3.63) is 35.4 Å². The minimum Gasteiger partial charge on any atom is -0.357 e. The second-order valence-electron chi connectivity index (χ2n) is 6.53. The minimum atomic E-state index is -4.31. The highest BCUT2D eigenvalue weighted by Crippen LogP contribution is 2.29. The van der Waals surface area contributed by atoms with Crippen molar-refractivity contribution in [2.24, 2.45) is 4.99 Å². The molecule has 1 heterocycles. The molecule has 1 aliphatic rings. The number of hydrogen-bond acceptors (Lipinski definition) is 2. The van der Waals surface area contributed by atoms with E-state index in [1.54, 1.807) is 0 Å². The highest BCUT2D eigenvalue weighted by molar-refractivity contribution is 14.0. The maximum atomic E-state index is 12.6. The van der Waals surface area contributed by atoms with Gasteiger partial charge in [-0.3, -0.25) is 9.79 Å². The van der Waals surface area contributed by atoms with Crippen LogP contribution in [0.5, 0.6) is 0 Å². The van der Waals surface area contributed by atoms with Gasteiger partial charge in [0.1, 0.15) is 0 Å². The van der Waals surface area contributed by atoms with Crippen LogP contribution in [0.25, 0.3) is 0 Å². The summed E-state index contributed by atoms with van der Waals surface area (Å²) in [5.74, 6) is 0.823. The predicted octanol–water partition coefficient (Wildman–Crippen LogP) is 3.43. The standard InChI is InChI=1S/C19H27F3N4O.HI/c1-3-17(27)26-12-10-16(13-26)25-18(23-4-2)24-11-9-14-5-7-15(8-6-14)19(20,21)22;/h5-8,16H,3-4,9-13H2,1-2H3,(H2,23,24,25);1H. The SMILES string of the molecule is CCNC(=NCCc1ccc(C(F)(F)F)cc1)NC1CCN(C(=O)CC)C1.I. The van der Waals surface area contributed by atoms with Gasteiger partial charge in [0, 0.05) is 38.6 Å². The lowest BCUT2D eigenvalue weighted by Crippen LogP contribution is -2.45. The first-order valence-corrected chi connectivity index (χ1v) is 9.32. The number of alkyl halides is 3. The first kappa shape index (κ1) is 24.5. The summed E-state index contributed by atoms with van der Waals surface area (Å²) in [6.07, 6.45) is -2.38. The Hall–Kier alpha value is -1.52. The van der Waals surface area contributed by atoms with E-state index in [9.17, 15) is 18.0 Å². The summed E-state index contributed by atoms with van der Waals surface area (Å²) in [5.41, 5.74) is 0.167. The van der Waals surface area contributed by atoms with E-state index in [1.165, 1.54) is 12.1 Å². The quantitative estimate of drug-likeness (QED) is 0.349. The predicted molar refractivity (Wildman–Crippen MR) is 115 cm³/mol. The maximum Gasteiger partial charge on any atom is 0.416 e. The van der Waals surface area contributed by atoms with Crippen LogP contribution in [-0.4, -0.2) is 49.0 Å². The van der Waals surface area contributed by atoms with Crippen LogP contribution in [0.4, 0.5) is 13.2 Å². The van der Waals surface area contributed by atoms with E-state index < -0.39 is 11.7 Å². The number of carbonyl (C=O) groups is 1. The van der Waals surface area contributed by atoms with Gasteiger partial charge in [-0.2, -0.15) is 13.2 Å². The van der Waals surface area contributed by atoms with Crippen molar-refractivity contribution in [1.82, 2.24) is 15.5 Å². The number of nitrogens with one attached hydrogen (secondary N) is 2. The first-order chi connectivity index (χ1) is 12.8. The van der Waals surface area contributed by atoms with E-state index >= 15 is 0 Å². The molecule has 158 valence electrons. The zero-order valence-corrected chi connectivity index (χ0v) is 18.5. The smallest absolute Gasteiger partial charge is 0.357 e. The molecule has 0 spiro atoms. The Morgan fingerprint density at radius 2 is 1.93 bits per heavy atom. The molecule has 5 nitrogen and oxygen atoms in total. The summed E-state index contributed by atoms with van der Waals surface area (Å²) >= 11 is 0. The molecule has 1 fully saturated rings. The lowest BCUT2D eigenvalue weighted by molar-refractivity contribution is -0.137. The van der Waals surface area contributed by atoms with Gasteiger partial charge in [-0.05, 0) is 37.5 Å². The molecule has 1 unspecified atom stereocenters. The Kier molecular flexibility index (Phi) is 10.0. The van der Waals surface area contributed by atoms with Gasteiger partial charge in [-0.1, -0.05) is 19.1 Å². The average molecular weight is 512 g/mol. The lowest BCUT2D eigenvalue weighted by Gasteiger charge is -2.18. The van der Waals surface area contributed by atoms with Crippen molar-refractivity contribution in [2.75, 3.05) is 26.2 Å². The van der Waals surface area contributed by atoms with Crippen molar-refractivity contribution in [2.45, 2.75) is 45.3 Å². The fourth-order valence-electron chi connectivity index (χ4n) is 3.00. The van der Waals surface area contributed by atoms with Gasteiger partial charge in [0.2, 0.25) is 5.91 Å². The third-order valence-corrected chi connectivity index (χ3v) is 4.48. The van der Waals surface area contributed by atoms with Crippen molar-refractivity contribution >= 4 is 35.8 Å². The molecule has 1 saturated heterocycles. The van der Waals surface area contributed by atoms with Crippen molar-refractivity contribution < 1.29 is 18.0 Å². The molecule has 2 N–H and O–H groups in total. The molecule has 1 amide bonds. The Balaban J connectivity index is 0.00000392. The molecule has 0 saturated carbocycles. The monoisotopic (exact) mass is 512 g/mol. The van der Waals surface area contributed by atoms with E-state index in [0.29, 0.717) is 38.4 Å². The van der Waals surface area contributed by atoms with Crippen LogP contribution in [0, 0.1) is 0 Å². The molecule has 9 heteroatoms.